The lowest BCUT2D eigenvalue weighted by Gasteiger charge is -2.31. The lowest BCUT2D eigenvalue weighted by atomic mass is 10.0. The van der Waals surface area contributed by atoms with E-state index in [2.05, 4.69) is 64.8 Å². The Bertz CT molecular complexity index is 1340. The minimum absolute atomic E-state index is 0.232. The molecule has 1 atom stereocenters. The Hall–Kier alpha value is -3.35. The summed E-state index contributed by atoms with van der Waals surface area (Å²) in [4.78, 5) is 16.9. The average Bonchev–Trinajstić information content (AvgIpc) is 3.28. The first kappa shape index (κ1) is 22.4. The van der Waals surface area contributed by atoms with Crippen LogP contribution in [0.15, 0.2) is 90.0 Å². The maximum absolute atomic E-state index is 13.9. The molecule has 2 heterocycles. The lowest BCUT2D eigenvalue weighted by Crippen LogP contribution is -2.38. The monoisotopic (exact) mass is 489 g/mol. The van der Waals surface area contributed by atoms with Crippen LogP contribution in [-0.2, 0) is 6.54 Å². The van der Waals surface area contributed by atoms with Crippen LogP contribution in [0, 0.1) is 0 Å². The number of hydrogen-bond donors (Lipinski definition) is 1. The average molecular weight is 490 g/mol. The van der Waals surface area contributed by atoms with Crippen LogP contribution >= 0.6 is 23.4 Å². The van der Waals surface area contributed by atoms with Crippen molar-refractivity contribution in [2.45, 2.75) is 17.5 Å². The lowest BCUT2D eigenvalue weighted by molar-refractivity contribution is 0.194. The molecule has 0 unspecified atom stereocenters. The SMILES string of the molecule is COc1ccc(Cl)cc1NC(=O)N1Cc2ccccc2-n2cccc2[C@@H]1c1ccc(SC)cc1. The normalized spacial score (nSPS) is 14.7. The van der Waals surface area contributed by atoms with Gasteiger partial charge in [-0.05, 0) is 65.9 Å². The first-order valence-corrected chi connectivity index (χ1v) is 12.5. The van der Waals surface area contributed by atoms with Crippen molar-refractivity contribution in [2.75, 3.05) is 18.7 Å². The van der Waals surface area contributed by atoms with Gasteiger partial charge in [0, 0.05) is 21.8 Å². The summed E-state index contributed by atoms with van der Waals surface area (Å²) in [6, 6.07) is 25.4. The van der Waals surface area contributed by atoms with Crippen LogP contribution in [0.2, 0.25) is 5.02 Å². The smallest absolute Gasteiger partial charge is 0.323 e. The zero-order valence-corrected chi connectivity index (χ0v) is 20.4. The van der Waals surface area contributed by atoms with Gasteiger partial charge in [-0.1, -0.05) is 41.9 Å². The molecule has 5 rings (SSSR count). The highest BCUT2D eigenvalue weighted by atomic mass is 35.5. The molecular weight excluding hydrogens is 466 g/mol. The predicted octanol–water partition coefficient (Wildman–Crippen LogP) is 7.00. The number of halogens is 1. The predicted molar refractivity (Wildman–Crippen MR) is 138 cm³/mol. The van der Waals surface area contributed by atoms with E-state index in [0.29, 0.717) is 23.0 Å². The molecule has 0 saturated carbocycles. The minimum atomic E-state index is -0.288. The maximum Gasteiger partial charge on any atom is 0.323 e. The third-order valence-electron chi connectivity index (χ3n) is 6.06. The van der Waals surface area contributed by atoms with Gasteiger partial charge in [-0.2, -0.15) is 0 Å². The molecule has 0 spiro atoms. The van der Waals surface area contributed by atoms with Crippen LogP contribution in [0.25, 0.3) is 5.69 Å². The van der Waals surface area contributed by atoms with Crippen molar-refractivity contribution in [2.24, 2.45) is 0 Å². The Kier molecular flexibility index (Phi) is 6.26. The molecule has 4 aromatic rings. The van der Waals surface area contributed by atoms with Crippen molar-refractivity contribution in [1.82, 2.24) is 9.47 Å². The molecule has 0 saturated heterocycles. The quantitative estimate of drug-likeness (QED) is 0.314. The van der Waals surface area contributed by atoms with Crippen LogP contribution in [-0.4, -0.2) is 28.9 Å². The van der Waals surface area contributed by atoms with E-state index in [1.807, 2.05) is 23.1 Å². The number of rotatable bonds is 4. The van der Waals surface area contributed by atoms with Crippen LogP contribution < -0.4 is 10.1 Å². The Morgan fingerprint density at radius 1 is 1.06 bits per heavy atom. The summed E-state index contributed by atoms with van der Waals surface area (Å²) in [6.45, 7) is 0.446. The van der Waals surface area contributed by atoms with Crippen LogP contribution in [0.5, 0.6) is 5.75 Å². The number of urea groups is 1. The highest BCUT2D eigenvalue weighted by molar-refractivity contribution is 7.98. The molecule has 7 heteroatoms. The van der Waals surface area contributed by atoms with Gasteiger partial charge in [0.15, 0.2) is 0 Å². The summed E-state index contributed by atoms with van der Waals surface area (Å²) in [5.41, 5.74) is 4.73. The topological polar surface area (TPSA) is 46.5 Å². The molecule has 5 nitrogen and oxygen atoms in total. The molecule has 1 aliphatic heterocycles. The zero-order chi connectivity index (χ0) is 23.7. The highest BCUT2D eigenvalue weighted by Crippen LogP contribution is 2.38. The summed E-state index contributed by atoms with van der Waals surface area (Å²) < 4.78 is 7.63. The second kappa shape index (κ2) is 9.49. The molecule has 1 aromatic heterocycles. The summed E-state index contributed by atoms with van der Waals surface area (Å²) in [5, 5.41) is 3.56. The Labute approximate surface area is 208 Å². The number of nitrogens with zero attached hydrogens (tertiary/aromatic N) is 2. The molecular formula is C27H24ClN3O2S. The number of amides is 2. The van der Waals surface area contributed by atoms with Crippen molar-refractivity contribution in [3.63, 3.8) is 0 Å². The van der Waals surface area contributed by atoms with Gasteiger partial charge in [-0.25, -0.2) is 4.79 Å². The van der Waals surface area contributed by atoms with Gasteiger partial charge in [0.2, 0.25) is 0 Å². The molecule has 0 bridgehead atoms. The maximum atomic E-state index is 13.9. The molecule has 34 heavy (non-hydrogen) atoms. The zero-order valence-electron chi connectivity index (χ0n) is 18.9. The number of aromatic nitrogens is 1. The number of anilines is 1. The van der Waals surface area contributed by atoms with Gasteiger partial charge in [0.1, 0.15) is 5.75 Å². The van der Waals surface area contributed by atoms with Crippen molar-refractivity contribution in [1.29, 1.82) is 0 Å². The number of carbonyl (C=O) groups excluding carboxylic acids is 1. The number of fused-ring (bicyclic) bond motifs is 3. The summed E-state index contributed by atoms with van der Waals surface area (Å²) in [6.07, 6.45) is 4.11. The van der Waals surface area contributed by atoms with E-state index in [0.717, 1.165) is 22.5 Å². The van der Waals surface area contributed by atoms with Gasteiger partial charge in [-0.15, -0.1) is 11.8 Å². The number of thioether (sulfide) groups is 1. The number of benzene rings is 3. The number of para-hydroxylation sites is 1. The first-order chi connectivity index (χ1) is 16.6. The molecule has 1 N–H and O–H groups in total. The standard InChI is InChI=1S/C27H24ClN3O2S/c1-33-25-14-11-20(28)16-22(25)29-27(32)31-17-19-6-3-4-7-23(19)30-15-5-8-24(30)26(31)18-9-12-21(34-2)13-10-18/h3-16,26H,17H2,1-2H3,(H,29,32)/t26-/m0/s1. The van der Waals surface area contributed by atoms with E-state index in [9.17, 15) is 4.79 Å². The number of ether oxygens (including phenoxy) is 1. The van der Waals surface area contributed by atoms with E-state index in [-0.39, 0.29) is 12.1 Å². The summed E-state index contributed by atoms with van der Waals surface area (Å²) in [7, 11) is 1.57. The van der Waals surface area contributed by atoms with Crippen molar-refractivity contribution in [3.8, 4) is 11.4 Å². The first-order valence-electron chi connectivity index (χ1n) is 10.9. The van der Waals surface area contributed by atoms with E-state index >= 15 is 0 Å². The molecule has 1 aliphatic rings. The van der Waals surface area contributed by atoms with E-state index in [4.69, 9.17) is 16.3 Å². The van der Waals surface area contributed by atoms with Crippen LogP contribution in [0.1, 0.15) is 22.9 Å². The fraction of sp³-hybridized carbons (Fsp3) is 0.148. The van der Waals surface area contributed by atoms with E-state index in [1.165, 1.54) is 4.90 Å². The fourth-order valence-electron chi connectivity index (χ4n) is 4.44. The second-order valence-electron chi connectivity index (χ2n) is 8.01. The molecule has 2 amide bonds. The number of hydrogen-bond acceptors (Lipinski definition) is 3. The van der Waals surface area contributed by atoms with Crippen LogP contribution in [0.3, 0.4) is 0 Å². The number of nitrogens with one attached hydrogen (secondary N) is 1. The van der Waals surface area contributed by atoms with Gasteiger partial charge < -0.3 is 19.5 Å². The number of carbonyl (C=O) groups is 1. The fourth-order valence-corrected chi connectivity index (χ4v) is 5.02. The second-order valence-corrected chi connectivity index (χ2v) is 9.33. The van der Waals surface area contributed by atoms with Gasteiger partial charge in [-0.3, -0.25) is 0 Å². The molecule has 0 aliphatic carbocycles. The van der Waals surface area contributed by atoms with Gasteiger partial charge >= 0.3 is 6.03 Å². The Morgan fingerprint density at radius 2 is 1.85 bits per heavy atom. The number of methoxy groups -OCH3 is 1. The van der Waals surface area contributed by atoms with E-state index < -0.39 is 0 Å². The largest absolute Gasteiger partial charge is 0.495 e. The minimum Gasteiger partial charge on any atom is -0.495 e. The Morgan fingerprint density at radius 3 is 2.62 bits per heavy atom. The Balaban J connectivity index is 1.62. The van der Waals surface area contributed by atoms with Crippen LogP contribution in [0.4, 0.5) is 10.5 Å². The summed E-state index contributed by atoms with van der Waals surface area (Å²) >= 11 is 7.91. The third kappa shape index (κ3) is 4.15. The van der Waals surface area contributed by atoms with Gasteiger partial charge in [0.25, 0.3) is 0 Å². The third-order valence-corrected chi connectivity index (χ3v) is 7.04. The van der Waals surface area contributed by atoms with Crippen molar-refractivity contribution in [3.05, 3.63) is 107 Å². The molecule has 0 radical (unpaired) electrons. The van der Waals surface area contributed by atoms with Gasteiger partial charge in [0.05, 0.1) is 31.1 Å². The highest BCUT2D eigenvalue weighted by Gasteiger charge is 2.33. The molecule has 172 valence electrons. The molecule has 0 fully saturated rings. The summed E-state index contributed by atoms with van der Waals surface area (Å²) in [5.74, 6) is 0.553. The van der Waals surface area contributed by atoms with Crippen molar-refractivity contribution < 1.29 is 9.53 Å². The molecule has 3 aromatic carbocycles. The van der Waals surface area contributed by atoms with Crippen molar-refractivity contribution >= 4 is 35.1 Å². The van der Waals surface area contributed by atoms with E-state index in [1.54, 1.807) is 37.1 Å².